The molecule has 2 amide bonds. The average molecular weight is 364 g/mol. The van der Waals surface area contributed by atoms with Gasteiger partial charge in [-0.3, -0.25) is 9.59 Å². The predicted octanol–water partition coefficient (Wildman–Crippen LogP) is 4.62. The predicted molar refractivity (Wildman–Crippen MR) is 92.6 cm³/mol. The molecular weight excluding hydrogens is 352 g/mol. The van der Waals surface area contributed by atoms with Gasteiger partial charge in [0, 0.05) is 0 Å². The molecule has 0 N–H and O–H groups in total. The number of anilines is 1. The summed E-state index contributed by atoms with van der Waals surface area (Å²) in [6.45, 7) is 3.77. The van der Waals surface area contributed by atoms with E-state index in [0.29, 0.717) is 5.56 Å². The number of imide groups is 1. The van der Waals surface area contributed by atoms with E-state index in [0.717, 1.165) is 22.1 Å². The summed E-state index contributed by atoms with van der Waals surface area (Å²) < 4.78 is 13.3. The molecule has 3 rings (SSSR count). The third kappa shape index (κ3) is 2.62. The van der Waals surface area contributed by atoms with Gasteiger partial charge in [0.05, 0.1) is 16.3 Å². The Hall–Kier alpha value is -2.17. The van der Waals surface area contributed by atoms with Crippen molar-refractivity contribution in [3.8, 4) is 0 Å². The molecule has 2 aromatic rings. The van der Waals surface area contributed by atoms with Crippen LogP contribution in [0.15, 0.2) is 41.4 Å². The molecule has 122 valence electrons. The van der Waals surface area contributed by atoms with Crippen molar-refractivity contribution in [1.29, 1.82) is 0 Å². The Balaban J connectivity index is 2.09. The molecule has 0 saturated heterocycles. The second kappa shape index (κ2) is 6.04. The van der Waals surface area contributed by atoms with Crippen LogP contribution in [0.5, 0.6) is 0 Å². The second-order valence-electron chi connectivity index (χ2n) is 5.55. The first-order valence-corrected chi connectivity index (χ1v) is 7.88. The molecular formula is C18H12Cl2FNO2. The van der Waals surface area contributed by atoms with E-state index in [4.69, 9.17) is 23.2 Å². The molecule has 0 radical (unpaired) electrons. The van der Waals surface area contributed by atoms with Crippen LogP contribution in [0.3, 0.4) is 0 Å². The van der Waals surface area contributed by atoms with Crippen LogP contribution in [0.4, 0.5) is 10.1 Å². The Bertz CT molecular complexity index is 921. The third-order valence-electron chi connectivity index (χ3n) is 3.84. The number of amides is 2. The summed E-state index contributed by atoms with van der Waals surface area (Å²) in [5.41, 5.74) is 2.78. The summed E-state index contributed by atoms with van der Waals surface area (Å²) in [5, 5.41) is -0.336. The number of carbonyl (C=O) groups excluding carboxylic acids is 2. The Morgan fingerprint density at radius 2 is 1.67 bits per heavy atom. The van der Waals surface area contributed by atoms with E-state index in [1.807, 2.05) is 26.0 Å². The van der Waals surface area contributed by atoms with Gasteiger partial charge in [0.25, 0.3) is 11.8 Å². The fourth-order valence-corrected chi connectivity index (χ4v) is 3.13. The quantitative estimate of drug-likeness (QED) is 0.730. The summed E-state index contributed by atoms with van der Waals surface area (Å²) in [6.07, 6.45) is 0. The highest BCUT2D eigenvalue weighted by Crippen LogP contribution is 2.37. The van der Waals surface area contributed by atoms with Crippen molar-refractivity contribution in [2.45, 2.75) is 13.8 Å². The van der Waals surface area contributed by atoms with E-state index in [2.05, 4.69) is 0 Å². The molecule has 0 aromatic heterocycles. The van der Waals surface area contributed by atoms with Crippen LogP contribution in [-0.2, 0) is 9.59 Å². The third-order valence-corrected chi connectivity index (χ3v) is 4.48. The smallest absolute Gasteiger partial charge is 0.268 e. The largest absolute Gasteiger partial charge is 0.277 e. The van der Waals surface area contributed by atoms with Crippen LogP contribution in [0.2, 0.25) is 5.02 Å². The molecule has 0 unspecified atom stereocenters. The number of nitrogens with zero attached hydrogens (tertiary/aromatic N) is 1. The lowest BCUT2D eigenvalue weighted by Gasteiger charge is -2.15. The number of benzene rings is 2. The molecule has 0 saturated carbocycles. The monoisotopic (exact) mass is 363 g/mol. The van der Waals surface area contributed by atoms with Crippen molar-refractivity contribution in [3.05, 3.63) is 69.0 Å². The Morgan fingerprint density at radius 1 is 0.958 bits per heavy atom. The summed E-state index contributed by atoms with van der Waals surface area (Å²) in [4.78, 5) is 26.1. The molecule has 0 bridgehead atoms. The van der Waals surface area contributed by atoms with Gasteiger partial charge in [0.15, 0.2) is 0 Å². The lowest BCUT2D eigenvalue weighted by atomic mass is 9.99. The molecule has 3 nitrogen and oxygen atoms in total. The molecule has 2 aromatic carbocycles. The molecule has 0 aliphatic carbocycles. The zero-order valence-corrected chi connectivity index (χ0v) is 14.4. The highest BCUT2D eigenvalue weighted by Gasteiger charge is 2.39. The molecule has 1 heterocycles. The SMILES string of the molecule is Cc1ccc(C2=C(Cl)C(=O)N(c3ccc(F)c(Cl)c3)C2=O)c(C)c1. The lowest BCUT2D eigenvalue weighted by Crippen LogP contribution is -2.31. The highest BCUT2D eigenvalue weighted by molar-refractivity contribution is 6.60. The molecule has 6 heteroatoms. The fraction of sp³-hybridized carbons (Fsp3) is 0.111. The zero-order chi connectivity index (χ0) is 17.6. The van der Waals surface area contributed by atoms with Gasteiger partial charge >= 0.3 is 0 Å². The number of hydrogen-bond acceptors (Lipinski definition) is 2. The summed E-state index contributed by atoms with van der Waals surface area (Å²) >= 11 is 11.9. The Kier molecular flexibility index (Phi) is 4.20. The van der Waals surface area contributed by atoms with Crippen molar-refractivity contribution in [2.24, 2.45) is 0 Å². The minimum Gasteiger partial charge on any atom is -0.268 e. The number of aryl methyl sites for hydroxylation is 2. The average Bonchev–Trinajstić information content (AvgIpc) is 2.73. The maximum absolute atomic E-state index is 13.3. The van der Waals surface area contributed by atoms with Gasteiger partial charge in [-0.25, -0.2) is 9.29 Å². The highest BCUT2D eigenvalue weighted by atomic mass is 35.5. The van der Waals surface area contributed by atoms with E-state index in [9.17, 15) is 14.0 Å². The van der Waals surface area contributed by atoms with Gasteiger partial charge in [-0.05, 0) is 43.2 Å². The van der Waals surface area contributed by atoms with Crippen LogP contribution in [0, 0.1) is 19.7 Å². The van der Waals surface area contributed by atoms with Gasteiger partial charge in [-0.15, -0.1) is 0 Å². The van der Waals surface area contributed by atoms with Crippen molar-refractivity contribution >= 4 is 46.3 Å². The van der Waals surface area contributed by atoms with Crippen molar-refractivity contribution in [2.75, 3.05) is 4.90 Å². The van der Waals surface area contributed by atoms with E-state index < -0.39 is 17.6 Å². The van der Waals surface area contributed by atoms with Gasteiger partial charge < -0.3 is 0 Å². The van der Waals surface area contributed by atoms with Gasteiger partial charge in [0.1, 0.15) is 10.8 Å². The van der Waals surface area contributed by atoms with Crippen molar-refractivity contribution in [3.63, 3.8) is 0 Å². The van der Waals surface area contributed by atoms with Crippen molar-refractivity contribution < 1.29 is 14.0 Å². The van der Waals surface area contributed by atoms with Gasteiger partial charge in [0.2, 0.25) is 0 Å². The van der Waals surface area contributed by atoms with Crippen LogP contribution in [0.25, 0.3) is 5.57 Å². The molecule has 0 atom stereocenters. The molecule has 0 fully saturated rings. The zero-order valence-electron chi connectivity index (χ0n) is 12.9. The van der Waals surface area contributed by atoms with E-state index in [1.54, 1.807) is 6.07 Å². The van der Waals surface area contributed by atoms with Crippen LogP contribution >= 0.6 is 23.2 Å². The van der Waals surface area contributed by atoms with Crippen LogP contribution in [0.1, 0.15) is 16.7 Å². The molecule has 0 spiro atoms. The minimum atomic E-state index is -0.653. The maximum atomic E-state index is 13.3. The van der Waals surface area contributed by atoms with Crippen LogP contribution in [-0.4, -0.2) is 11.8 Å². The fourth-order valence-electron chi connectivity index (χ4n) is 2.69. The maximum Gasteiger partial charge on any atom is 0.277 e. The first kappa shape index (κ1) is 16.7. The second-order valence-corrected chi connectivity index (χ2v) is 6.34. The van der Waals surface area contributed by atoms with Gasteiger partial charge in [-0.2, -0.15) is 0 Å². The summed E-state index contributed by atoms with van der Waals surface area (Å²) in [6, 6.07) is 9.14. The lowest BCUT2D eigenvalue weighted by molar-refractivity contribution is -0.119. The standard InChI is InChI=1S/C18H12Cl2FNO2/c1-9-3-5-12(10(2)7-9)15-16(20)18(24)22(17(15)23)11-4-6-14(21)13(19)8-11/h3-8H,1-2H3. The van der Waals surface area contributed by atoms with Crippen molar-refractivity contribution in [1.82, 2.24) is 0 Å². The number of halogens is 3. The first-order valence-electron chi connectivity index (χ1n) is 7.12. The Labute approximate surface area is 148 Å². The Morgan fingerprint density at radius 3 is 2.29 bits per heavy atom. The first-order chi connectivity index (χ1) is 11.3. The number of carbonyl (C=O) groups is 2. The normalized spacial score (nSPS) is 14.8. The summed E-state index contributed by atoms with van der Waals surface area (Å²) in [7, 11) is 0. The van der Waals surface area contributed by atoms with Gasteiger partial charge in [-0.1, -0.05) is 47.0 Å². The minimum absolute atomic E-state index is 0.139. The molecule has 1 aliphatic heterocycles. The number of hydrogen-bond donors (Lipinski definition) is 0. The van der Waals surface area contributed by atoms with Crippen LogP contribution < -0.4 is 4.90 Å². The topological polar surface area (TPSA) is 37.4 Å². The van der Waals surface area contributed by atoms with E-state index in [1.165, 1.54) is 12.1 Å². The van der Waals surface area contributed by atoms with E-state index in [-0.39, 0.29) is 21.3 Å². The molecule has 1 aliphatic rings. The molecule has 24 heavy (non-hydrogen) atoms. The number of rotatable bonds is 2. The van der Waals surface area contributed by atoms with E-state index >= 15 is 0 Å². The summed E-state index contributed by atoms with van der Waals surface area (Å²) in [5.74, 6) is -1.84.